The second kappa shape index (κ2) is 13.9. The van der Waals surface area contributed by atoms with E-state index in [-0.39, 0.29) is 5.52 Å². The van der Waals surface area contributed by atoms with E-state index >= 15 is 0 Å². The number of piperidine rings is 1. The molecular weight excluding hydrogens is 491 g/mol. The number of nitrogens with two attached hydrogens (primary N) is 2. The van der Waals surface area contributed by atoms with Crippen molar-refractivity contribution >= 4 is 11.2 Å². The van der Waals surface area contributed by atoms with Crippen molar-refractivity contribution in [1.29, 1.82) is 0 Å². The molecule has 1 aliphatic heterocycles. The minimum atomic E-state index is -4.61. The predicted octanol–water partition coefficient (Wildman–Crippen LogP) is 5.83. The lowest BCUT2D eigenvalue weighted by molar-refractivity contribution is -0.136. The van der Waals surface area contributed by atoms with Crippen molar-refractivity contribution in [2.45, 2.75) is 45.3 Å². The summed E-state index contributed by atoms with van der Waals surface area (Å²) < 4.78 is 44.4. The molecule has 1 atom stereocenters. The standard InChI is InChI=1S/C29H34F3N3O.H4N2/c1-6-9-12-23(7-2)14-22(5)15-25(8-3)34-20-27-26(29(30,31)32)16-24(19-35(27)28(34)36)18-33-13-10-11-21(4)17-33;1-2/h6-8,12,15-16,19-21H,1-3,5,9-11,13-14,17-18H2,4H3;1-2H2/b23-12+,25-15+;/t21-;/m0./s1. The Kier molecular flexibility index (Phi) is 11.3. The first-order valence-corrected chi connectivity index (χ1v) is 12.4. The highest BCUT2D eigenvalue weighted by Gasteiger charge is 2.34. The first-order valence-electron chi connectivity index (χ1n) is 12.4. The average molecular weight is 530 g/mol. The molecule has 1 aliphatic rings. The molecule has 1 fully saturated rings. The number of likely N-dealkylation sites (tertiary alicyclic amines) is 1. The fraction of sp³-hybridized carbons (Fsp3) is 0.345. The second-order valence-corrected chi connectivity index (χ2v) is 9.40. The maximum absolute atomic E-state index is 14.0. The third-order valence-corrected chi connectivity index (χ3v) is 6.36. The monoisotopic (exact) mass is 529 g/mol. The molecule has 4 N–H and O–H groups in total. The maximum Gasteiger partial charge on any atom is 0.418 e. The van der Waals surface area contributed by atoms with Crippen LogP contribution in [-0.2, 0) is 12.7 Å². The molecule has 0 radical (unpaired) electrons. The molecule has 0 aliphatic carbocycles. The SMILES string of the molecule is C=CC/C=C(\C=C)CC(=C)/C=C(\C=C)n1cc2c(C(F)(F)F)cc(CN3CCC[C@H](C)C3)cn2c1=O.NN. The number of hydrazine groups is 1. The molecular formula is C29H38F3N5O. The molecule has 1 saturated heterocycles. The van der Waals surface area contributed by atoms with Crippen molar-refractivity contribution in [3.05, 3.63) is 108 Å². The Balaban J connectivity index is 0.00000247. The van der Waals surface area contributed by atoms with Gasteiger partial charge in [-0.05, 0) is 73.1 Å². The molecule has 3 rings (SSSR count). The van der Waals surface area contributed by atoms with Crippen LogP contribution in [0.25, 0.3) is 11.2 Å². The Hall–Kier alpha value is -3.40. The zero-order chi connectivity index (χ0) is 28.5. The summed E-state index contributed by atoms with van der Waals surface area (Å²) in [4.78, 5) is 15.4. The summed E-state index contributed by atoms with van der Waals surface area (Å²) in [5.74, 6) is 8.50. The molecule has 0 saturated carbocycles. The number of allylic oxidation sites excluding steroid dienone is 8. The van der Waals surface area contributed by atoms with Crippen LogP contribution in [0.1, 0.15) is 43.7 Å². The zero-order valence-corrected chi connectivity index (χ0v) is 22.0. The molecule has 38 heavy (non-hydrogen) atoms. The third-order valence-electron chi connectivity index (χ3n) is 6.36. The highest BCUT2D eigenvalue weighted by Crippen LogP contribution is 2.34. The van der Waals surface area contributed by atoms with Crippen LogP contribution in [0.15, 0.2) is 91.1 Å². The number of halogens is 3. The number of nitrogens with zero attached hydrogens (tertiary/aromatic N) is 3. The summed E-state index contributed by atoms with van der Waals surface area (Å²) in [6, 6.07) is 1.16. The normalized spacial score (nSPS) is 17.1. The van der Waals surface area contributed by atoms with Crippen LogP contribution in [0.3, 0.4) is 0 Å². The summed E-state index contributed by atoms with van der Waals surface area (Å²) in [5, 5.41) is 0. The molecule has 3 heterocycles. The van der Waals surface area contributed by atoms with E-state index in [1.165, 1.54) is 23.0 Å². The average Bonchev–Trinajstić information content (AvgIpc) is 3.21. The smallest absolute Gasteiger partial charge is 0.299 e. The fourth-order valence-corrected chi connectivity index (χ4v) is 4.64. The quantitative estimate of drug-likeness (QED) is 0.176. The Morgan fingerprint density at radius 3 is 2.47 bits per heavy atom. The third kappa shape index (κ3) is 7.80. The van der Waals surface area contributed by atoms with Gasteiger partial charge in [0.1, 0.15) is 0 Å². The van der Waals surface area contributed by atoms with Crippen LogP contribution < -0.4 is 17.4 Å². The molecule has 0 bridgehead atoms. The molecule has 0 amide bonds. The molecule has 9 heteroatoms. The predicted molar refractivity (Wildman–Crippen MR) is 150 cm³/mol. The number of alkyl halides is 3. The molecule has 2 aromatic heterocycles. The highest BCUT2D eigenvalue weighted by molar-refractivity contribution is 5.65. The van der Waals surface area contributed by atoms with E-state index in [2.05, 4.69) is 49.8 Å². The number of imidazole rings is 1. The van der Waals surface area contributed by atoms with Crippen LogP contribution in [0.4, 0.5) is 13.2 Å². The molecule has 0 spiro atoms. The Labute approximate surface area is 222 Å². The number of hydrogen-bond donors (Lipinski definition) is 2. The van der Waals surface area contributed by atoms with E-state index < -0.39 is 17.4 Å². The van der Waals surface area contributed by atoms with E-state index in [1.807, 2.05) is 6.08 Å². The first-order chi connectivity index (χ1) is 18.1. The molecule has 0 aromatic carbocycles. The summed E-state index contributed by atoms with van der Waals surface area (Å²) in [7, 11) is 0. The summed E-state index contributed by atoms with van der Waals surface area (Å²) in [6.45, 7) is 19.5. The van der Waals surface area contributed by atoms with Crippen molar-refractivity contribution in [2.24, 2.45) is 17.6 Å². The van der Waals surface area contributed by atoms with Crippen molar-refractivity contribution in [1.82, 2.24) is 13.9 Å². The lowest BCUT2D eigenvalue weighted by Crippen LogP contribution is -2.34. The Morgan fingerprint density at radius 2 is 1.89 bits per heavy atom. The molecule has 0 unspecified atom stereocenters. The van der Waals surface area contributed by atoms with Gasteiger partial charge in [-0.3, -0.25) is 25.6 Å². The van der Waals surface area contributed by atoms with Gasteiger partial charge in [-0.25, -0.2) is 4.79 Å². The van der Waals surface area contributed by atoms with Gasteiger partial charge in [-0.2, -0.15) is 13.2 Å². The maximum atomic E-state index is 14.0. The molecule has 6 nitrogen and oxygen atoms in total. The van der Waals surface area contributed by atoms with Crippen LogP contribution in [-0.4, -0.2) is 27.0 Å². The van der Waals surface area contributed by atoms with Gasteiger partial charge in [-0.1, -0.05) is 44.9 Å². The number of hydrogen-bond acceptors (Lipinski definition) is 4. The van der Waals surface area contributed by atoms with Crippen molar-refractivity contribution < 1.29 is 13.2 Å². The van der Waals surface area contributed by atoms with Gasteiger partial charge in [0, 0.05) is 31.2 Å². The van der Waals surface area contributed by atoms with Gasteiger partial charge in [0.15, 0.2) is 0 Å². The number of aromatic nitrogens is 2. The van der Waals surface area contributed by atoms with Gasteiger partial charge >= 0.3 is 11.9 Å². The Morgan fingerprint density at radius 1 is 1.18 bits per heavy atom. The summed E-state index contributed by atoms with van der Waals surface area (Å²) in [5.41, 5.74) is 0.794. The number of pyridine rings is 1. The van der Waals surface area contributed by atoms with Crippen molar-refractivity contribution in [2.75, 3.05) is 13.1 Å². The van der Waals surface area contributed by atoms with Gasteiger partial charge in [-0.15, -0.1) is 6.58 Å². The van der Waals surface area contributed by atoms with Gasteiger partial charge in [0.05, 0.1) is 11.1 Å². The largest absolute Gasteiger partial charge is 0.418 e. The van der Waals surface area contributed by atoms with Gasteiger partial charge < -0.3 is 0 Å². The van der Waals surface area contributed by atoms with Crippen LogP contribution >= 0.6 is 0 Å². The summed E-state index contributed by atoms with van der Waals surface area (Å²) >= 11 is 0. The highest BCUT2D eigenvalue weighted by atomic mass is 19.4. The topological polar surface area (TPSA) is 81.7 Å². The number of fused-ring (bicyclic) bond motifs is 1. The second-order valence-electron chi connectivity index (χ2n) is 9.40. The van der Waals surface area contributed by atoms with E-state index in [1.54, 1.807) is 18.2 Å². The first kappa shape index (κ1) is 30.8. The summed E-state index contributed by atoms with van der Waals surface area (Å²) in [6.07, 6.45) is 9.96. The molecule has 2 aromatic rings. The van der Waals surface area contributed by atoms with E-state index in [4.69, 9.17) is 0 Å². The molecule has 206 valence electrons. The zero-order valence-electron chi connectivity index (χ0n) is 22.0. The van der Waals surface area contributed by atoms with Crippen LogP contribution in [0.5, 0.6) is 0 Å². The van der Waals surface area contributed by atoms with E-state index in [9.17, 15) is 18.0 Å². The van der Waals surface area contributed by atoms with Crippen molar-refractivity contribution in [3.8, 4) is 0 Å². The fourth-order valence-electron chi connectivity index (χ4n) is 4.64. The van der Waals surface area contributed by atoms with Gasteiger partial charge in [0.2, 0.25) is 0 Å². The van der Waals surface area contributed by atoms with E-state index in [0.717, 1.165) is 42.0 Å². The van der Waals surface area contributed by atoms with E-state index in [0.29, 0.717) is 42.1 Å². The Bertz CT molecular complexity index is 1280. The minimum Gasteiger partial charge on any atom is -0.299 e. The number of rotatable bonds is 10. The van der Waals surface area contributed by atoms with Crippen LogP contribution in [0, 0.1) is 5.92 Å². The lowest BCUT2D eigenvalue weighted by Gasteiger charge is -2.31. The van der Waals surface area contributed by atoms with Crippen molar-refractivity contribution in [3.63, 3.8) is 0 Å². The van der Waals surface area contributed by atoms with Gasteiger partial charge in [0.25, 0.3) is 0 Å². The van der Waals surface area contributed by atoms with Crippen LogP contribution in [0.2, 0.25) is 0 Å². The minimum absolute atomic E-state index is 0.195. The lowest BCUT2D eigenvalue weighted by atomic mass is 10.00.